The topological polar surface area (TPSA) is 99.9 Å². The molecule has 1 aliphatic rings. The van der Waals surface area contributed by atoms with E-state index in [4.69, 9.17) is 14.2 Å². The highest BCUT2D eigenvalue weighted by Gasteiger charge is 2.17. The Kier molecular flexibility index (Phi) is 5.54. The van der Waals surface area contributed by atoms with E-state index in [1.165, 1.54) is 25.3 Å². The van der Waals surface area contributed by atoms with Gasteiger partial charge in [-0.25, -0.2) is 0 Å². The molecule has 0 saturated carbocycles. The van der Waals surface area contributed by atoms with Crippen LogP contribution in [0.15, 0.2) is 18.2 Å². The molecule has 120 valence electrons. The maximum absolute atomic E-state index is 11.7. The number of nitrogens with zero attached hydrogens (tertiary/aromatic N) is 1. The minimum Gasteiger partial charge on any atom is -0.493 e. The Morgan fingerprint density at radius 1 is 1.50 bits per heavy atom. The third-order valence-corrected chi connectivity index (χ3v) is 3.27. The van der Waals surface area contributed by atoms with Crippen LogP contribution >= 0.6 is 0 Å². The number of methoxy groups -OCH3 is 1. The largest absolute Gasteiger partial charge is 0.493 e. The van der Waals surface area contributed by atoms with Crippen molar-refractivity contribution < 1.29 is 23.9 Å². The van der Waals surface area contributed by atoms with Crippen molar-refractivity contribution in [3.05, 3.63) is 28.3 Å². The van der Waals surface area contributed by atoms with Crippen molar-refractivity contribution in [3.63, 3.8) is 0 Å². The monoisotopic (exact) mass is 310 g/mol. The molecular formula is C14H18N2O6. The van der Waals surface area contributed by atoms with Crippen LogP contribution in [-0.2, 0) is 9.53 Å². The van der Waals surface area contributed by atoms with Crippen LogP contribution in [0.4, 0.5) is 5.69 Å². The summed E-state index contributed by atoms with van der Waals surface area (Å²) in [6.45, 7) is 0.917. The van der Waals surface area contributed by atoms with Crippen molar-refractivity contribution in [2.75, 3.05) is 26.9 Å². The summed E-state index contributed by atoms with van der Waals surface area (Å²) in [6, 6.07) is 3.97. The third kappa shape index (κ3) is 4.32. The number of carbonyl (C=O) groups is 1. The Morgan fingerprint density at radius 2 is 2.32 bits per heavy atom. The summed E-state index contributed by atoms with van der Waals surface area (Å²) >= 11 is 0. The number of carbonyl (C=O) groups excluding carboxylic acids is 1. The predicted octanol–water partition coefficient (Wildman–Crippen LogP) is 1.28. The lowest BCUT2D eigenvalue weighted by molar-refractivity contribution is -0.385. The predicted molar refractivity (Wildman–Crippen MR) is 77.1 cm³/mol. The van der Waals surface area contributed by atoms with Gasteiger partial charge in [0.2, 0.25) is 0 Å². The fourth-order valence-corrected chi connectivity index (χ4v) is 2.12. The van der Waals surface area contributed by atoms with Gasteiger partial charge in [0.25, 0.3) is 11.6 Å². The van der Waals surface area contributed by atoms with Crippen LogP contribution < -0.4 is 14.8 Å². The van der Waals surface area contributed by atoms with Gasteiger partial charge in [0.05, 0.1) is 24.2 Å². The van der Waals surface area contributed by atoms with Crippen molar-refractivity contribution in [2.24, 2.45) is 0 Å². The average molecular weight is 310 g/mol. The molecule has 1 aliphatic heterocycles. The van der Waals surface area contributed by atoms with Crippen LogP contribution in [0.25, 0.3) is 0 Å². The van der Waals surface area contributed by atoms with Gasteiger partial charge in [0.1, 0.15) is 0 Å². The lowest BCUT2D eigenvalue weighted by Crippen LogP contribution is -2.35. The van der Waals surface area contributed by atoms with Gasteiger partial charge < -0.3 is 19.5 Å². The number of rotatable bonds is 7. The van der Waals surface area contributed by atoms with E-state index in [1.807, 2.05) is 0 Å². The molecule has 22 heavy (non-hydrogen) atoms. The molecule has 0 aromatic heterocycles. The van der Waals surface area contributed by atoms with Crippen molar-refractivity contribution in [1.29, 1.82) is 0 Å². The minimum absolute atomic E-state index is 0.0521. The first-order chi connectivity index (χ1) is 10.6. The summed E-state index contributed by atoms with van der Waals surface area (Å²) in [4.78, 5) is 21.9. The number of amides is 1. The molecule has 8 heteroatoms. The van der Waals surface area contributed by atoms with E-state index in [0.717, 1.165) is 19.4 Å². The quantitative estimate of drug-likeness (QED) is 0.601. The van der Waals surface area contributed by atoms with Gasteiger partial charge in [-0.3, -0.25) is 14.9 Å². The van der Waals surface area contributed by atoms with Crippen LogP contribution in [0.2, 0.25) is 0 Å². The van der Waals surface area contributed by atoms with Gasteiger partial charge in [0, 0.05) is 19.2 Å². The zero-order valence-corrected chi connectivity index (χ0v) is 12.2. The van der Waals surface area contributed by atoms with Crippen LogP contribution in [0.1, 0.15) is 12.8 Å². The van der Waals surface area contributed by atoms with Gasteiger partial charge in [-0.15, -0.1) is 0 Å². The normalized spacial score (nSPS) is 17.0. The van der Waals surface area contributed by atoms with Crippen LogP contribution in [-0.4, -0.2) is 43.8 Å². The maximum atomic E-state index is 11.7. The van der Waals surface area contributed by atoms with Gasteiger partial charge in [-0.05, 0) is 18.9 Å². The van der Waals surface area contributed by atoms with Crippen LogP contribution in [0.3, 0.4) is 0 Å². The first-order valence-corrected chi connectivity index (χ1v) is 6.93. The molecule has 1 atom stereocenters. The average Bonchev–Trinajstić information content (AvgIpc) is 3.03. The minimum atomic E-state index is -0.538. The lowest BCUT2D eigenvalue weighted by Gasteiger charge is -2.12. The first-order valence-electron chi connectivity index (χ1n) is 6.93. The number of nitrogens with one attached hydrogen (secondary N) is 1. The van der Waals surface area contributed by atoms with E-state index in [-0.39, 0.29) is 30.1 Å². The molecule has 1 aromatic carbocycles. The van der Waals surface area contributed by atoms with Gasteiger partial charge in [-0.1, -0.05) is 0 Å². The lowest BCUT2D eigenvalue weighted by atomic mass is 10.2. The van der Waals surface area contributed by atoms with E-state index in [9.17, 15) is 14.9 Å². The number of nitro benzene ring substituents is 1. The zero-order valence-electron chi connectivity index (χ0n) is 12.2. The first kappa shape index (κ1) is 16.0. The SMILES string of the molecule is COc1ccc([N+](=O)[O-])cc1OCC(=O)NC[C@H]1CCCO1. The molecule has 1 fully saturated rings. The highest BCUT2D eigenvalue weighted by molar-refractivity contribution is 5.77. The molecular weight excluding hydrogens is 292 g/mol. The highest BCUT2D eigenvalue weighted by Crippen LogP contribution is 2.30. The van der Waals surface area contributed by atoms with Crippen molar-refractivity contribution in [3.8, 4) is 11.5 Å². The summed E-state index contributed by atoms with van der Waals surface area (Å²) in [6.07, 6.45) is 1.98. The number of nitro groups is 1. The molecule has 1 amide bonds. The second kappa shape index (κ2) is 7.60. The smallest absolute Gasteiger partial charge is 0.273 e. The summed E-state index contributed by atoms with van der Waals surface area (Å²) in [5.74, 6) is 0.172. The van der Waals surface area contributed by atoms with E-state index >= 15 is 0 Å². The third-order valence-electron chi connectivity index (χ3n) is 3.27. The van der Waals surface area contributed by atoms with Crippen molar-refractivity contribution in [2.45, 2.75) is 18.9 Å². The summed E-state index contributed by atoms with van der Waals surface area (Å²) in [5, 5.41) is 13.5. The molecule has 1 saturated heterocycles. The van der Waals surface area contributed by atoms with Crippen molar-refractivity contribution >= 4 is 11.6 Å². The second-order valence-corrected chi connectivity index (χ2v) is 4.82. The van der Waals surface area contributed by atoms with Gasteiger partial charge in [0.15, 0.2) is 18.1 Å². The summed E-state index contributed by atoms with van der Waals surface area (Å²) in [5.41, 5.74) is -0.129. The number of non-ortho nitro benzene ring substituents is 1. The van der Waals surface area contributed by atoms with Crippen molar-refractivity contribution in [1.82, 2.24) is 5.32 Å². The molecule has 0 radical (unpaired) electrons. The number of hydrogen-bond acceptors (Lipinski definition) is 6. The Bertz CT molecular complexity index is 542. The van der Waals surface area contributed by atoms with Gasteiger partial charge in [-0.2, -0.15) is 0 Å². The number of ether oxygens (including phenoxy) is 3. The molecule has 0 aliphatic carbocycles. The van der Waals surface area contributed by atoms with E-state index in [1.54, 1.807) is 0 Å². The molecule has 2 rings (SSSR count). The molecule has 8 nitrogen and oxygen atoms in total. The van der Waals surface area contributed by atoms with E-state index in [0.29, 0.717) is 12.3 Å². The van der Waals surface area contributed by atoms with Gasteiger partial charge >= 0.3 is 0 Å². The number of hydrogen-bond donors (Lipinski definition) is 1. The molecule has 1 aromatic rings. The van der Waals surface area contributed by atoms with Crippen LogP contribution in [0, 0.1) is 10.1 Å². The standard InChI is InChI=1S/C14H18N2O6/c1-20-12-5-4-10(16(18)19)7-13(12)22-9-14(17)15-8-11-3-2-6-21-11/h4-5,7,11H,2-3,6,8-9H2,1H3,(H,15,17)/t11-/m1/s1. The summed E-state index contributed by atoms with van der Waals surface area (Å²) in [7, 11) is 1.42. The fraction of sp³-hybridized carbons (Fsp3) is 0.500. The second-order valence-electron chi connectivity index (χ2n) is 4.82. The molecule has 0 bridgehead atoms. The highest BCUT2D eigenvalue weighted by atomic mass is 16.6. The Morgan fingerprint density at radius 3 is 2.95 bits per heavy atom. The van der Waals surface area contributed by atoms with E-state index in [2.05, 4.69) is 5.32 Å². The molecule has 0 spiro atoms. The maximum Gasteiger partial charge on any atom is 0.273 e. The molecule has 1 N–H and O–H groups in total. The Labute approximate surface area is 127 Å². The molecule has 1 heterocycles. The van der Waals surface area contributed by atoms with E-state index < -0.39 is 4.92 Å². The Balaban J connectivity index is 1.87. The fourth-order valence-electron chi connectivity index (χ4n) is 2.12. The zero-order chi connectivity index (χ0) is 15.9. The summed E-state index contributed by atoms with van der Waals surface area (Å²) < 4.78 is 15.8. The molecule has 0 unspecified atom stereocenters. The number of benzene rings is 1. The Hall–Kier alpha value is -2.35. The van der Waals surface area contributed by atoms with Crippen LogP contribution in [0.5, 0.6) is 11.5 Å².